The van der Waals surface area contributed by atoms with Gasteiger partial charge in [-0.3, -0.25) is 9.48 Å². The zero-order valence-corrected chi connectivity index (χ0v) is 20.4. The van der Waals surface area contributed by atoms with Crippen LogP contribution >= 0.6 is 0 Å². The summed E-state index contributed by atoms with van der Waals surface area (Å²) in [6, 6.07) is 4.22. The number of hydrogen-bond donors (Lipinski definition) is 3. The predicted octanol–water partition coefficient (Wildman–Crippen LogP) is 3.89. The van der Waals surface area contributed by atoms with E-state index in [4.69, 9.17) is 10.5 Å². The van der Waals surface area contributed by atoms with Gasteiger partial charge in [0.1, 0.15) is 28.8 Å². The van der Waals surface area contributed by atoms with Crippen molar-refractivity contribution in [2.24, 2.45) is 12.8 Å². The minimum atomic E-state index is -1.49. The minimum Gasteiger partial charge on any atom is -0.386 e. The van der Waals surface area contributed by atoms with Crippen LogP contribution in [0.1, 0.15) is 49.2 Å². The topological polar surface area (TPSA) is 115 Å². The van der Waals surface area contributed by atoms with Crippen molar-refractivity contribution in [2.45, 2.75) is 44.8 Å². The highest BCUT2D eigenvalue weighted by molar-refractivity contribution is 6.03. The molecule has 1 fully saturated rings. The Balaban J connectivity index is 0.000000383. The van der Waals surface area contributed by atoms with Crippen LogP contribution in [0.3, 0.4) is 0 Å². The van der Waals surface area contributed by atoms with Crippen LogP contribution in [0.2, 0.25) is 0 Å². The van der Waals surface area contributed by atoms with Gasteiger partial charge in [0.15, 0.2) is 0 Å². The van der Waals surface area contributed by atoms with Crippen molar-refractivity contribution in [3.63, 3.8) is 0 Å². The molecule has 3 heterocycles. The number of aromatic nitrogens is 3. The SMILES string of the molecule is Cn1cc(NC(=O)c2ccc(F)c(-c3c(F)cc(C(C)(C)O)cc3F)n2)cn1.NC1CCCOCC1. The fraction of sp³-hybridized carbons (Fsp3) is 0.400. The van der Waals surface area contributed by atoms with Crippen LogP contribution in [-0.2, 0) is 17.4 Å². The summed E-state index contributed by atoms with van der Waals surface area (Å²) in [5.74, 6) is -3.89. The molecule has 1 aliphatic rings. The highest BCUT2D eigenvalue weighted by Gasteiger charge is 2.24. The molecule has 1 aliphatic heterocycles. The van der Waals surface area contributed by atoms with Crippen molar-refractivity contribution in [1.29, 1.82) is 0 Å². The van der Waals surface area contributed by atoms with E-state index < -0.39 is 40.2 Å². The molecule has 0 spiro atoms. The molecule has 4 N–H and O–H groups in total. The van der Waals surface area contributed by atoms with E-state index in [2.05, 4.69) is 15.4 Å². The van der Waals surface area contributed by atoms with Crippen molar-refractivity contribution < 1.29 is 27.8 Å². The Morgan fingerprint density at radius 3 is 2.47 bits per heavy atom. The van der Waals surface area contributed by atoms with Crippen molar-refractivity contribution in [3.8, 4) is 11.3 Å². The Bertz CT molecular complexity index is 1180. The Labute approximate surface area is 207 Å². The van der Waals surface area contributed by atoms with E-state index in [-0.39, 0.29) is 11.3 Å². The molecule has 0 bridgehead atoms. The third-order valence-corrected chi connectivity index (χ3v) is 5.52. The van der Waals surface area contributed by atoms with E-state index in [1.807, 2.05) is 0 Å². The van der Waals surface area contributed by atoms with Crippen molar-refractivity contribution in [3.05, 3.63) is 65.4 Å². The summed E-state index contributed by atoms with van der Waals surface area (Å²) in [7, 11) is 1.66. The first-order chi connectivity index (χ1) is 17.0. The second-order valence-electron chi connectivity index (χ2n) is 9.06. The molecule has 0 aliphatic carbocycles. The Hall–Kier alpha value is -3.28. The van der Waals surface area contributed by atoms with Crippen LogP contribution < -0.4 is 11.1 Å². The molecule has 3 aromatic rings. The van der Waals surface area contributed by atoms with Gasteiger partial charge in [0.05, 0.1) is 23.0 Å². The maximum Gasteiger partial charge on any atom is 0.274 e. The van der Waals surface area contributed by atoms with Crippen molar-refractivity contribution >= 4 is 11.6 Å². The smallest absolute Gasteiger partial charge is 0.274 e. The number of nitrogens with one attached hydrogen (secondary N) is 1. The normalized spacial score (nSPS) is 16.1. The Morgan fingerprint density at radius 1 is 1.17 bits per heavy atom. The number of benzene rings is 1. The zero-order chi connectivity index (χ0) is 26.5. The molecule has 1 amide bonds. The molecular formula is C25H30F3N5O3. The zero-order valence-electron chi connectivity index (χ0n) is 20.4. The standard InChI is InChI=1S/C19H17F3N4O2.C6H13NO/c1-19(2,28)10-6-13(21)16(14(22)7-10)17-12(20)4-5-15(25-17)18(27)24-11-8-23-26(3)9-11;7-6-2-1-4-8-5-3-6/h4-9,28H,1-3H3,(H,24,27);6H,1-5,7H2. The summed E-state index contributed by atoms with van der Waals surface area (Å²) in [6.45, 7) is 4.50. The van der Waals surface area contributed by atoms with Gasteiger partial charge in [0, 0.05) is 32.5 Å². The third kappa shape index (κ3) is 7.12. The maximum atomic E-state index is 14.5. The molecule has 1 saturated heterocycles. The van der Waals surface area contributed by atoms with Crippen LogP contribution in [0.25, 0.3) is 11.3 Å². The number of halogens is 3. The Kier molecular flexibility index (Phi) is 8.83. The highest BCUT2D eigenvalue weighted by atomic mass is 19.1. The summed E-state index contributed by atoms with van der Waals surface area (Å²) < 4.78 is 49.9. The number of rotatable bonds is 4. The first-order valence-corrected chi connectivity index (χ1v) is 11.5. The fourth-order valence-corrected chi connectivity index (χ4v) is 3.51. The van der Waals surface area contributed by atoms with Crippen molar-refractivity contribution in [2.75, 3.05) is 18.5 Å². The summed E-state index contributed by atoms with van der Waals surface area (Å²) in [6.07, 6.45) is 6.26. The van der Waals surface area contributed by atoms with Crippen molar-refractivity contribution in [1.82, 2.24) is 14.8 Å². The molecular weight excluding hydrogens is 475 g/mol. The van der Waals surface area contributed by atoms with Crippen LogP contribution in [0.5, 0.6) is 0 Å². The average Bonchev–Trinajstić information content (AvgIpc) is 3.05. The van der Waals surface area contributed by atoms with Gasteiger partial charge < -0.3 is 20.9 Å². The van der Waals surface area contributed by atoms with Crippen LogP contribution in [0.4, 0.5) is 18.9 Å². The summed E-state index contributed by atoms with van der Waals surface area (Å²) in [5.41, 5.74) is 2.94. The lowest BCUT2D eigenvalue weighted by Gasteiger charge is -2.19. The third-order valence-electron chi connectivity index (χ3n) is 5.52. The molecule has 1 atom stereocenters. The first kappa shape index (κ1) is 27.3. The number of ether oxygens (including phenoxy) is 1. The van der Waals surface area contributed by atoms with Gasteiger partial charge in [-0.2, -0.15) is 5.10 Å². The minimum absolute atomic E-state index is 0.0165. The van der Waals surface area contributed by atoms with Gasteiger partial charge in [-0.15, -0.1) is 0 Å². The van der Waals surface area contributed by atoms with E-state index in [1.54, 1.807) is 7.05 Å². The largest absolute Gasteiger partial charge is 0.386 e. The number of carbonyl (C=O) groups is 1. The number of aliphatic hydroxyl groups is 1. The fourth-order valence-electron chi connectivity index (χ4n) is 3.51. The van der Waals surface area contributed by atoms with Gasteiger partial charge >= 0.3 is 0 Å². The van der Waals surface area contributed by atoms with E-state index >= 15 is 0 Å². The molecule has 11 heteroatoms. The lowest BCUT2D eigenvalue weighted by Crippen LogP contribution is -2.19. The first-order valence-electron chi connectivity index (χ1n) is 11.5. The monoisotopic (exact) mass is 505 g/mol. The van der Waals surface area contributed by atoms with Crippen LogP contribution in [-0.4, -0.2) is 45.0 Å². The number of anilines is 1. The van der Waals surface area contributed by atoms with E-state index in [0.717, 1.165) is 56.7 Å². The van der Waals surface area contributed by atoms with E-state index in [1.165, 1.54) is 30.9 Å². The molecule has 4 rings (SSSR count). The Morgan fingerprint density at radius 2 is 1.86 bits per heavy atom. The van der Waals surface area contributed by atoms with Gasteiger partial charge in [0.25, 0.3) is 5.91 Å². The van der Waals surface area contributed by atoms with Crippen LogP contribution in [0.15, 0.2) is 36.7 Å². The number of pyridine rings is 1. The van der Waals surface area contributed by atoms with Gasteiger partial charge in [-0.1, -0.05) is 0 Å². The number of amides is 1. The maximum absolute atomic E-state index is 14.5. The number of nitrogens with zero attached hydrogens (tertiary/aromatic N) is 3. The second kappa shape index (κ2) is 11.6. The summed E-state index contributed by atoms with van der Waals surface area (Å²) in [4.78, 5) is 16.1. The number of carbonyl (C=O) groups excluding carboxylic acids is 1. The van der Waals surface area contributed by atoms with Gasteiger partial charge in [0.2, 0.25) is 0 Å². The molecule has 0 radical (unpaired) electrons. The molecule has 1 unspecified atom stereocenters. The van der Waals surface area contributed by atoms with E-state index in [0.29, 0.717) is 11.7 Å². The van der Waals surface area contributed by atoms with Gasteiger partial charge in [-0.25, -0.2) is 18.2 Å². The number of nitrogens with two attached hydrogens (primary N) is 1. The summed E-state index contributed by atoms with van der Waals surface area (Å²) >= 11 is 0. The number of aryl methyl sites for hydroxylation is 1. The molecule has 1 aromatic carbocycles. The average molecular weight is 506 g/mol. The van der Waals surface area contributed by atoms with E-state index in [9.17, 15) is 23.1 Å². The summed E-state index contributed by atoms with van der Waals surface area (Å²) in [5, 5.41) is 16.3. The predicted molar refractivity (Wildman–Crippen MR) is 129 cm³/mol. The quantitative estimate of drug-likeness (QED) is 0.496. The highest BCUT2D eigenvalue weighted by Crippen LogP contribution is 2.31. The molecule has 36 heavy (non-hydrogen) atoms. The lowest BCUT2D eigenvalue weighted by atomic mass is 9.95. The van der Waals surface area contributed by atoms with Crippen LogP contribution in [0, 0.1) is 17.5 Å². The lowest BCUT2D eigenvalue weighted by molar-refractivity contribution is 0.0778. The molecule has 2 aromatic heterocycles. The van der Waals surface area contributed by atoms with Gasteiger partial charge in [-0.05, 0) is 62.9 Å². The molecule has 0 saturated carbocycles. The number of hydrogen-bond acceptors (Lipinski definition) is 6. The second-order valence-corrected chi connectivity index (χ2v) is 9.06. The molecule has 194 valence electrons. The molecule has 8 nitrogen and oxygen atoms in total.